The summed E-state index contributed by atoms with van der Waals surface area (Å²) in [5.41, 5.74) is 5.33. The molecule has 2 saturated carbocycles. The van der Waals surface area contributed by atoms with E-state index in [0.29, 0.717) is 23.6 Å². The van der Waals surface area contributed by atoms with Gasteiger partial charge in [0.25, 0.3) is 0 Å². The van der Waals surface area contributed by atoms with Crippen LogP contribution in [0.25, 0.3) is 16.6 Å². The van der Waals surface area contributed by atoms with Crippen LogP contribution >= 0.6 is 0 Å². The summed E-state index contributed by atoms with van der Waals surface area (Å²) in [5, 5.41) is 12.6. The molecule has 32 heavy (non-hydrogen) atoms. The van der Waals surface area contributed by atoms with Gasteiger partial charge in [-0.2, -0.15) is 0 Å². The lowest BCUT2D eigenvalue weighted by Crippen LogP contribution is -2.46. The Balaban J connectivity index is 1.41. The zero-order valence-corrected chi connectivity index (χ0v) is 21.5. The number of fused-ring (bicyclic) bond motifs is 1. The minimum atomic E-state index is -1.68. The maximum absolute atomic E-state index is 8.71. The molecule has 0 bridgehead atoms. The number of aromatic nitrogens is 2. The minimum Gasteiger partial charge on any atom is -0.417 e. The van der Waals surface area contributed by atoms with E-state index < -0.39 is 8.32 Å². The zero-order valence-electron chi connectivity index (χ0n) is 20.5. The quantitative estimate of drug-likeness (QED) is 0.472. The Hall–Kier alpha value is -1.99. The monoisotopic (exact) mass is 448 g/mol. The molecule has 5 nitrogen and oxygen atoms in total. The van der Waals surface area contributed by atoms with E-state index in [9.17, 15) is 0 Å². The largest absolute Gasteiger partial charge is 0.417 e. The van der Waals surface area contributed by atoms with E-state index in [0.717, 1.165) is 60.1 Å². The van der Waals surface area contributed by atoms with Crippen LogP contribution in [0.1, 0.15) is 52.1 Å². The van der Waals surface area contributed by atoms with Crippen LogP contribution in [0.5, 0.6) is 0 Å². The first-order chi connectivity index (χ1) is 15.0. The number of hydrogen-bond donors (Lipinski definition) is 2. The average Bonchev–Trinajstić information content (AvgIpc) is 3.53. The molecule has 1 heterocycles. The van der Waals surface area contributed by atoms with Crippen molar-refractivity contribution in [2.75, 3.05) is 6.61 Å². The summed E-state index contributed by atoms with van der Waals surface area (Å²) < 4.78 is 6.41. The maximum atomic E-state index is 8.71. The lowest BCUT2D eigenvalue weighted by atomic mass is 9.81. The van der Waals surface area contributed by atoms with E-state index in [2.05, 4.69) is 58.1 Å². The molecule has 7 heteroatoms. The van der Waals surface area contributed by atoms with Crippen molar-refractivity contribution < 1.29 is 4.43 Å². The molecular formula is C25H37BN4OSi. The molecule has 2 aliphatic carbocycles. The highest BCUT2D eigenvalue weighted by atomic mass is 28.4. The molecule has 0 spiro atoms. The number of allylic oxidation sites excluding steroid dienone is 1. The molecule has 1 aromatic heterocycles. The maximum Gasteiger partial charge on any atom is 0.191 e. The van der Waals surface area contributed by atoms with Crippen LogP contribution in [0.15, 0.2) is 30.6 Å². The third-order valence-corrected chi connectivity index (χ3v) is 12.0. The molecule has 2 fully saturated rings. The molecule has 170 valence electrons. The highest BCUT2D eigenvalue weighted by molar-refractivity contribution is 6.74. The lowest BCUT2D eigenvalue weighted by Gasteiger charge is -2.41. The number of nitrogens with one attached hydrogen (secondary N) is 2. The van der Waals surface area contributed by atoms with Crippen LogP contribution in [0.2, 0.25) is 18.1 Å². The van der Waals surface area contributed by atoms with Crippen LogP contribution < -0.4 is 10.8 Å². The van der Waals surface area contributed by atoms with Gasteiger partial charge in [-0.05, 0) is 55.8 Å². The zero-order chi connectivity index (χ0) is 23.1. The van der Waals surface area contributed by atoms with Gasteiger partial charge in [0.1, 0.15) is 7.85 Å². The Morgan fingerprint density at radius 2 is 2.00 bits per heavy atom. The van der Waals surface area contributed by atoms with Crippen molar-refractivity contribution >= 4 is 43.9 Å². The first-order valence-corrected chi connectivity index (χ1v) is 14.9. The van der Waals surface area contributed by atoms with Crippen molar-refractivity contribution in [2.24, 2.45) is 11.8 Å². The summed E-state index contributed by atoms with van der Waals surface area (Å²) in [5.74, 6) is 0.995. The molecule has 2 aromatic rings. The predicted molar refractivity (Wildman–Crippen MR) is 139 cm³/mol. The molecule has 0 radical (unpaired) electrons. The second kappa shape index (κ2) is 8.75. The van der Waals surface area contributed by atoms with Gasteiger partial charge in [0.05, 0.1) is 22.9 Å². The van der Waals surface area contributed by atoms with E-state index in [-0.39, 0.29) is 5.04 Å². The van der Waals surface area contributed by atoms with Gasteiger partial charge in [-0.15, -0.1) is 0 Å². The van der Waals surface area contributed by atoms with Crippen molar-refractivity contribution in [1.29, 1.82) is 5.41 Å². The third-order valence-electron chi connectivity index (χ3n) is 7.51. The number of nitrogens with zero attached hydrogens (tertiary/aromatic N) is 2. The second-order valence-electron chi connectivity index (χ2n) is 11.2. The van der Waals surface area contributed by atoms with E-state index in [1.807, 2.05) is 24.5 Å². The van der Waals surface area contributed by atoms with Crippen molar-refractivity contribution in [3.05, 3.63) is 36.3 Å². The van der Waals surface area contributed by atoms with E-state index >= 15 is 0 Å². The molecule has 0 saturated heterocycles. The Kier molecular flexibility index (Phi) is 6.34. The standard InChI is InChI=1S/C25H37BN4OSi/c1-25(2,3)32(4,5)31-15-16-11-18(12-16)28-13-19(23(27)17-9-10-17)22-14-29-24-20(26)7-6-8-21(24)30-22/h6-8,13-14,16-18,27-28H,9-12,15,26H2,1-5H3/b19-13-,27-23?. The summed E-state index contributed by atoms with van der Waals surface area (Å²) in [6.45, 7) is 12.4. The summed E-state index contributed by atoms with van der Waals surface area (Å²) in [6.07, 6.45) is 8.31. The second-order valence-corrected chi connectivity index (χ2v) is 16.0. The molecule has 2 aliphatic rings. The Morgan fingerprint density at radius 1 is 1.28 bits per heavy atom. The topological polar surface area (TPSA) is 70.9 Å². The number of para-hydroxylation sites is 1. The van der Waals surface area contributed by atoms with E-state index in [4.69, 9.17) is 14.8 Å². The van der Waals surface area contributed by atoms with Gasteiger partial charge in [0.15, 0.2) is 8.32 Å². The molecule has 0 amide bonds. The Morgan fingerprint density at radius 3 is 2.66 bits per heavy atom. The summed E-state index contributed by atoms with van der Waals surface area (Å²) in [4.78, 5) is 9.52. The summed E-state index contributed by atoms with van der Waals surface area (Å²) >= 11 is 0. The van der Waals surface area contributed by atoms with Gasteiger partial charge in [-0.3, -0.25) is 4.98 Å². The minimum absolute atomic E-state index is 0.259. The fourth-order valence-electron chi connectivity index (χ4n) is 3.95. The lowest BCUT2D eigenvalue weighted by molar-refractivity contribution is 0.138. The van der Waals surface area contributed by atoms with Crippen LogP contribution in [-0.2, 0) is 4.43 Å². The predicted octanol–water partition coefficient (Wildman–Crippen LogP) is 4.05. The van der Waals surface area contributed by atoms with Gasteiger partial charge in [-0.1, -0.05) is 38.4 Å². The van der Waals surface area contributed by atoms with Gasteiger partial charge in [0.2, 0.25) is 0 Å². The Bertz CT molecular complexity index is 1040. The summed E-state index contributed by atoms with van der Waals surface area (Å²) in [6, 6.07) is 6.53. The van der Waals surface area contributed by atoms with Crippen LogP contribution in [0.4, 0.5) is 0 Å². The van der Waals surface area contributed by atoms with Crippen molar-refractivity contribution in [1.82, 2.24) is 15.3 Å². The molecule has 2 N–H and O–H groups in total. The SMILES string of the molecule is Bc1cccc2nc(/C(=C/NC3CC(CO[Si](C)(C)C(C)(C)C)C3)C(=N)C3CC3)cnc12. The smallest absolute Gasteiger partial charge is 0.191 e. The molecular weight excluding hydrogens is 411 g/mol. The van der Waals surface area contributed by atoms with Gasteiger partial charge in [-0.25, -0.2) is 4.98 Å². The fraction of sp³-hybridized carbons (Fsp3) is 0.560. The highest BCUT2D eigenvalue weighted by Gasteiger charge is 2.39. The van der Waals surface area contributed by atoms with Gasteiger partial charge < -0.3 is 15.2 Å². The molecule has 0 aliphatic heterocycles. The number of benzene rings is 1. The van der Waals surface area contributed by atoms with Crippen molar-refractivity contribution in [3.63, 3.8) is 0 Å². The van der Waals surface area contributed by atoms with Crippen LogP contribution in [-0.4, -0.2) is 44.5 Å². The van der Waals surface area contributed by atoms with Crippen molar-refractivity contribution in [3.8, 4) is 0 Å². The van der Waals surface area contributed by atoms with Crippen LogP contribution in [0, 0.1) is 17.2 Å². The molecule has 0 atom stereocenters. The number of hydrogen-bond acceptors (Lipinski definition) is 5. The van der Waals surface area contributed by atoms with E-state index in [1.165, 1.54) is 0 Å². The summed E-state index contributed by atoms with van der Waals surface area (Å²) in [7, 11) is 0.383. The molecule has 4 rings (SSSR count). The van der Waals surface area contributed by atoms with Crippen molar-refractivity contribution in [2.45, 2.75) is 70.6 Å². The van der Waals surface area contributed by atoms with E-state index in [1.54, 1.807) is 0 Å². The highest BCUT2D eigenvalue weighted by Crippen LogP contribution is 2.39. The number of rotatable bonds is 8. The fourth-order valence-corrected chi connectivity index (χ4v) is 5.03. The average molecular weight is 448 g/mol. The third kappa shape index (κ3) is 4.99. The van der Waals surface area contributed by atoms with Gasteiger partial charge >= 0.3 is 0 Å². The van der Waals surface area contributed by atoms with Crippen LogP contribution in [0.3, 0.4) is 0 Å². The normalized spacial score (nSPS) is 22.0. The molecule has 1 aromatic carbocycles. The van der Waals surface area contributed by atoms with Gasteiger partial charge in [0, 0.05) is 36.1 Å². The first-order valence-electron chi connectivity index (χ1n) is 12.0. The first kappa shape index (κ1) is 23.2. The molecule has 0 unspecified atom stereocenters. The Labute approximate surface area is 194 Å².